The number of amides is 1. The molecule has 1 unspecified atom stereocenters. The summed E-state index contributed by atoms with van der Waals surface area (Å²) in [6.45, 7) is 0. The second-order valence-corrected chi connectivity index (χ2v) is 8.60. The zero-order valence-electron chi connectivity index (χ0n) is 17.6. The van der Waals surface area contributed by atoms with Crippen molar-refractivity contribution in [3.05, 3.63) is 105 Å². The summed E-state index contributed by atoms with van der Waals surface area (Å²) in [4.78, 5) is 27.8. The number of aromatic hydroxyl groups is 1. The first-order valence-electron chi connectivity index (χ1n) is 10.1. The molecule has 7 heteroatoms. The molecule has 1 aliphatic rings. The van der Waals surface area contributed by atoms with Crippen LogP contribution in [0.5, 0.6) is 11.5 Å². The van der Waals surface area contributed by atoms with Gasteiger partial charge in [0.25, 0.3) is 5.91 Å². The molecule has 0 saturated carbocycles. The second-order valence-electron chi connectivity index (χ2n) is 7.36. The van der Waals surface area contributed by atoms with Crippen LogP contribution >= 0.6 is 22.6 Å². The number of hydrogen-bond donors (Lipinski definition) is 2. The lowest BCUT2D eigenvalue weighted by molar-refractivity contribution is -0.117. The van der Waals surface area contributed by atoms with Crippen LogP contribution in [0, 0.1) is 3.57 Å². The van der Waals surface area contributed by atoms with Gasteiger partial charge in [0.05, 0.1) is 18.7 Å². The number of halogens is 1. The van der Waals surface area contributed by atoms with Gasteiger partial charge in [-0.15, -0.1) is 0 Å². The molecular weight excluding hydrogens is 533 g/mol. The summed E-state index contributed by atoms with van der Waals surface area (Å²) in [6.07, 6.45) is 2.98. The summed E-state index contributed by atoms with van der Waals surface area (Å²) >= 11 is 2.16. The smallest absolute Gasteiger partial charge is 0.294 e. The van der Waals surface area contributed by atoms with E-state index in [1.807, 2.05) is 42.5 Å². The number of phenols is 1. The average molecular weight is 553 g/mol. The van der Waals surface area contributed by atoms with Gasteiger partial charge in [-0.2, -0.15) is 0 Å². The van der Waals surface area contributed by atoms with E-state index in [9.17, 15) is 19.8 Å². The molecule has 3 aromatic rings. The van der Waals surface area contributed by atoms with Gasteiger partial charge in [0.1, 0.15) is 0 Å². The van der Waals surface area contributed by atoms with Gasteiger partial charge in [-0.05, 0) is 76.2 Å². The third-order valence-electron chi connectivity index (χ3n) is 5.32. The standard InChI is InChI=1S/C26H20INO5/c1-33-22-15-17(8-14-20(22)29)24-23(21(30)13-7-16-5-3-2-4-6-16)25(31)26(32)28(24)19-11-9-18(27)10-12-19/h2-15,24,29,31H,1H3. The lowest BCUT2D eigenvalue weighted by Crippen LogP contribution is -2.30. The van der Waals surface area contributed by atoms with Crippen LogP contribution in [0.4, 0.5) is 5.69 Å². The highest BCUT2D eigenvalue weighted by molar-refractivity contribution is 14.1. The predicted molar refractivity (Wildman–Crippen MR) is 134 cm³/mol. The highest BCUT2D eigenvalue weighted by Gasteiger charge is 2.44. The van der Waals surface area contributed by atoms with Crippen molar-refractivity contribution in [2.75, 3.05) is 12.0 Å². The third kappa shape index (κ3) is 4.49. The predicted octanol–water partition coefficient (Wildman–Crippen LogP) is 5.19. The van der Waals surface area contributed by atoms with Gasteiger partial charge in [0.2, 0.25) is 0 Å². The number of ether oxygens (including phenoxy) is 1. The highest BCUT2D eigenvalue weighted by atomic mass is 127. The molecule has 6 nitrogen and oxygen atoms in total. The van der Waals surface area contributed by atoms with Crippen molar-refractivity contribution < 1.29 is 24.5 Å². The normalized spacial score (nSPS) is 16.0. The fourth-order valence-corrected chi connectivity index (χ4v) is 4.09. The summed E-state index contributed by atoms with van der Waals surface area (Å²) in [5.74, 6) is -1.65. The van der Waals surface area contributed by atoms with E-state index in [1.54, 1.807) is 30.3 Å². The fourth-order valence-electron chi connectivity index (χ4n) is 3.73. The quantitative estimate of drug-likeness (QED) is 0.324. The molecule has 33 heavy (non-hydrogen) atoms. The molecule has 1 amide bonds. The van der Waals surface area contributed by atoms with Gasteiger partial charge in [0, 0.05) is 9.26 Å². The number of benzene rings is 3. The molecule has 0 aliphatic carbocycles. The molecule has 3 aromatic carbocycles. The Morgan fingerprint density at radius 2 is 1.73 bits per heavy atom. The SMILES string of the molecule is COc1cc(C2C(C(=O)C=Cc3ccccc3)=C(O)C(=O)N2c2ccc(I)cc2)ccc1O. The zero-order valence-corrected chi connectivity index (χ0v) is 19.8. The van der Waals surface area contributed by atoms with Gasteiger partial charge in [-0.1, -0.05) is 42.5 Å². The Bertz CT molecular complexity index is 1270. The van der Waals surface area contributed by atoms with E-state index in [-0.39, 0.29) is 17.1 Å². The molecule has 166 valence electrons. The number of nitrogens with zero attached hydrogens (tertiary/aromatic N) is 1. The van der Waals surface area contributed by atoms with E-state index in [1.165, 1.54) is 24.2 Å². The Morgan fingerprint density at radius 1 is 1.03 bits per heavy atom. The number of aliphatic hydroxyl groups excluding tert-OH is 1. The first-order valence-corrected chi connectivity index (χ1v) is 11.1. The lowest BCUT2D eigenvalue weighted by atomic mass is 9.95. The van der Waals surface area contributed by atoms with Crippen molar-refractivity contribution in [3.63, 3.8) is 0 Å². The Hall–Kier alpha value is -3.59. The molecule has 0 radical (unpaired) electrons. The minimum Gasteiger partial charge on any atom is -0.504 e. The zero-order chi connectivity index (χ0) is 23.5. The maximum absolute atomic E-state index is 13.2. The Morgan fingerprint density at radius 3 is 2.39 bits per heavy atom. The van der Waals surface area contributed by atoms with Crippen molar-refractivity contribution in [2.24, 2.45) is 0 Å². The van der Waals surface area contributed by atoms with E-state index in [0.29, 0.717) is 11.3 Å². The lowest BCUT2D eigenvalue weighted by Gasteiger charge is -2.27. The number of carbonyl (C=O) groups excluding carboxylic acids is 2. The topological polar surface area (TPSA) is 87.1 Å². The molecule has 0 aromatic heterocycles. The second kappa shape index (κ2) is 9.50. The molecule has 0 spiro atoms. The minimum atomic E-state index is -0.903. The largest absolute Gasteiger partial charge is 0.504 e. The van der Waals surface area contributed by atoms with E-state index in [0.717, 1.165) is 9.13 Å². The third-order valence-corrected chi connectivity index (χ3v) is 6.04. The molecule has 0 bridgehead atoms. The van der Waals surface area contributed by atoms with E-state index in [4.69, 9.17) is 4.74 Å². The Kier molecular flexibility index (Phi) is 6.50. The van der Waals surface area contributed by atoms with Crippen molar-refractivity contribution >= 4 is 46.0 Å². The van der Waals surface area contributed by atoms with E-state index < -0.39 is 23.5 Å². The van der Waals surface area contributed by atoms with Crippen LogP contribution in [0.2, 0.25) is 0 Å². The number of ketones is 1. The van der Waals surface area contributed by atoms with Crippen molar-refractivity contribution in [3.8, 4) is 11.5 Å². The number of aliphatic hydroxyl groups is 1. The van der Waals surface area contributed by atoms with Crippen LogP contribution in [0.3, 0.4) is 0 Å². The highest BCUT2D eigenvalue weighted by Crippen LogP contribution is 2.43. The van der Waals surface area contributed by atoms with Gasteiger partial charge in [-0.3, -0.25) is 14.5 Å². The van der Waals surface area contributed by atoms with Crippen molar-refractivity contribution in [1.29, 1.82) is 0 Å². The molecule has 1 atom stereocenters. The maximum Gasteiger partial charge on any atom is 0.294 e. The van der Waals surface area contributed by atoms with Gasteiger partial charge < -0.3 is 14.9 Å². The number of allylic oxidation sites excluding steroid dienone is 1. The molecule has 0 saturated heterocycles. The number of hydrogen-bond acceptors (Lipinski definition) is 5. The monoisotopic (exact) mass is 553 g/mol. The van der Waals surface area contributed by atoms with Crippen molar-refractivity contribution in [1.82, 2.24) is 0 Å². The van der Waals surface area contributed by atoms with E-state index in [2.05, 4.69) is 22.6 Å². The molecule has 1 heterocycles. The van der Waals surface area contributed by atoms with Crippen LogP contribution < -0.4 is 9.64 Å². The van der Waals surface area contributed by atoms with Crippen LogP contribution in [-0.2, 0) is 9.59 Å². The van der Waals surface area contributed by atoms with Crippen LogP contribution in [0.25, 0.3) is 6.08 Å². The minimum absolute atomic E-state index is 0.0431. The Balaban J connectivity index is 1.82. The molecule has 2 N–H and O–H groups in total. The molecular formula is C26H20INO5. The summed E-state index contributed by atoms with van der Waals surface area (Å²) in [7, 11) is 1.41. The summed E-state index contributed by atoms with van der Waals surface area (Å²) in [5, 5.41) is 20.8. The molecule has 1 aliphatic heterocycles. The number of phenolic OH excluding ortho intramolecular Hbond substituents is 1. The van der Waals surface area contributed by atoms with Gasteiger partial charge >= 0.3 is 0 Å². The van der Waals surface area contributed by atoms with Gasteiger partial charge in [0.15, 0.2) is 23.0 Å². The number of rotatable bonds is 6. The summed E-state index contributed by atoms with van der Waals surface area (Å²) in [6, 6.07) is 20.1. The molecule has 4 rings (SSSR count). The maximum atomic E-state index is 13.2. The first kappa shape index (κ1) is 22.6. The number of anilines is 1. The van der Waals surface area contributed by atoms with Crippen molar-refractivity contribution in [2.45, 2.75) is 6.04 Å². The Labute approximate surface area is 204 Å². The number of methoxy groups -OCH3 is 1. The fraction of sp³-hybridized carbons (Fsp3) is 0.0769. The number of carbonyl (C=O) groups is 2. The van der Waals surface area contributed by atoms with Gasteiger partial charge in [-0.25, -0.2) is 0 Å². The van der Waals surface area contributed by atoms with E-state index >= 15 is 0 Å². The summed E-state index contributed by atoms with van der Waals surface area (Å²) in [5.41, 5.74) is 1.81. The average Bonchev–Trinajstić information content (AvgIpc) is 3.09. The molecule has 0 fully saturated rings. The van der Waals surface area contributed by atoms with Crippen LogP contribution in [0.1, 0.15) is 17.2 Å². The van der Waals surface area contributed by atoms with Crippen LogP contribution in [0.15, 0.2) is 90.2 Å². The summed E-state index contributed by atoms with van der Waals surface area (Å²) < 4.78 is 6.20. The first-order chi connectivity index (χ1) is 15.9. The van der Waals surface area contributed by atoms with Crippen LogP contribution in [-0.4, -0.2) is 29.0 Å².